The van der Waals surface area contributed by atoms with Gasteiger partial charge in [0.05, 0.1) is 18.7 Å². The molecule has 0 fully saturated rings. The van der Waals surface area contributed by atoms with Gasteiger partial charge < -0.3 is 9.84 Å². The molecule has 0 unspecified atom stereocenters. The van der Waals surface area contributed by atoms with Crippen LogP contribution < -0.4 is 4.74 Å². The lowest BCUT2D eigenvalue weighted by Gasteiger charge is -2.03. The summed E-state index contributed by atoms with van der Waals surface area (Å²) in [7, 11) is 3.17. The number of methoxy groups -OCH3 is 1. The highest BCUT2D eigenvalue weighted by Gasteiger charge is 2.13. The maximum Gasteiger partial charge on any atom is 0.354 e. The Morgan fingerprint density at radius 1 is 1.60 bits per heavy atom. The average Bonchev–Trinajstić information content (AvgIpc) is 2.59. The topological polar surface area (TPSA) is 77.2 Å². The second-order valence-electron chi connectivity index (χ2n) is 3.02. The molecule has 0 spiro atoms. The molecule has 6 heteroatoms. The van der Waals surface area contributed by atoms with Crippen LogP contribution in [0, 0.1) is 0 Å². The fourth-order valence-electron chi connectivity index (χ4n) is 1.36. The quantitative estimate of drug-likeness (QED) is 0.783. The maximum absolute atomic E-state index is 10.8. The molecule has 0 aliphatic heterocycles. The van der Waals surface area contributed by atoms with Crippen molar-refractivity contribution < 1.29 is 14.6 Å². The van der Waals surface area contributed by atoms with E-state index in [1.54, 1.807) is 13.2 Å². The minimum Gasteiger partial charge on any atom is -0.496 e. The number of hydrogen-bond acceptors (Lipinski definition) is 4. The van der Waals surface area contributed by atoms with Gasteiger partial charge >= 0.3 is 5.97 Å². The molecule has 15 heavy (non-hydrogen) atoms. The van der Waals surface area contributed by atoms with Crippen LogP contribution in [0.4, 0.5) is 0 Å². The molecule has 6 nitrogen and oxygen atoms in total. The van der Waals surface area contributed by atoms with Crippen LogP contribution in [0.15, 0.2) is 12.3 Å². The molecule has 2 aromatic rings. The van der Waals surface area contributed by atoms with Gasteiger partial charge in [0.25, 0.3) is 0 Å². The number of rotatable bonds is 2. The third-order valence-corrected chi connectivity index (χ3v) is 2.11. The van der Waals surface area contributed by atoms with Gasteiger partial charge in [-0.25, -0.2) is 9.78 Å². The zero-order valence-electron chi connectivity index (χ0n) is 8.26. The summed E-state index contributed by atoms with van der Waals surface area (Å²) in [6, 6.07) is 1.38. The van der Waals surface area contributed by atoms with Crippen LogP contribution in [-0.4, -0.2) is 33.0 Å². The third-order valence-electron chi connectivity index (χ3n) is 2.11. The van der Waals surface area contributed by atoms with Crippen LogP contribution in [0.25, 0.3) is 11.0 Å². The summed E-state index contributed by atoms with van der Waals surface area (Å²) < 4.78 is 6.58. The third kappa shape index (κ3) is 1.39. The first-order chi connectivity index (χ1) is 7.13. The number of hydrogen-bond donors (Lipinski definition) is 1. The fraction of sp³-hybridized carbons (Fsp3) is 0.222. The van der Waals surface area contributed by atoms with E-state index in [0.717, 1.165) is 0 Å². The number of aromatic carboxylic acids is 1. The van der Waals surface area contributed by atoms with Crippen LogP contribution in [-0.2, 0) is 7.05 Å². The molecule has 0 aliphatic rings. The Bertz CT molecular complexity index is 533. The van der Waals surface area contributed by atoms with Gasteiger partial charge in [-0.15, -0.1) is 0 Å². The van der Waals surface area contributed by atoms with Crippen molar-refractivity contribution in [3.8, 4) is 5.75 Å². The second-order valence-corrected chi connectivity index (χ2v) is 3.02. The van der Waals surface area contributed by atoms with E-state index in [2.05, 4.69) is 10.1 Å². The molecule has 0 aliphatic carbocycles. The van der Waals surface area contributed by atoms with Crippen molar-refractivity contribution in [2.24, 2.45) is 7.05 Å². The van der Waals surface area contributed by atoms with Gasteiger partial charge in [-0.2, -0.15) is 5.10 Å². The van der Waals surface area contributed by atoms with Crippen molar-refractivity contribution in [2.45, 2.75) is 0 Å². The molecule has 2 heterocycles. The van der Waals surface area contributed by atoms with Crippen molar-refractivity contribution >= 4 is 17.0 Å². The summed E-state index contributed by atoms with van der Waals surface area (Å²) in [6.07, 6.45) is 1.59. The Balaban J connectivity index is 2.79. The number of aryl methyl sites for hydroxylation is 1. The van der Waals surface area contributed by atoms with Crippen LogP contribution in [0.2, 0.25) is 0 Å². The van der Waals surface area contributed by atoms with E-state index in [-0.39, 0.29) is 5.69 Å². The Hall–Kier alpha value is -2.11. The summed E-state index contributed by atoms with van der Waals surface area (Å²) in [5.74, 6) is -0.623. The van der Waals surface area contributed by atoms with Crippen molar-refractivity contribution in [3.63, 3.8) is 0 Å². The molecular weight excluding hydrogens is 198 g/mol. The molecular formula is C9H9N3O3. The second kappa shape index (κ2) is 3.23. The standard InChI is InChI=1S/C9H9N3O3/c1-12-8-5(4-10-12)7(15-2)3-6(11-8)9(13)14/h3-4H,1-2H3,(H,13,14). The van der Waals surface area contributed by atoms with Gasteiger partial charge in [0, 0.05) is 13.1 Å². The largest absolute Gasteiger partial charge is 0.496 e. The van der Waals surface area contributed by atoms with Gasteiger partial charge in [-0.1, -0.05) is 0 Å². The molecule has 0 bridgehead atoms. The predicted molar refractivity (Wildman–Crippen MR) is 52.0 cm³/mol. The van der Waals surface area contributed by atoms with Crippen LogP contribution in [0.3, 0.4) is 0 Å². The Labute approximate surface area is 85.1 Å². The molecule has 78 valence electrons. The molecule has 0 amide bonds. The Morgan fingerprint density at radius 3 is 2.93 bits per heavy atom. The minimum absolute atomic E-state index is 0.0528. The first kappa shape index (κ1) is 9.45. The molecule has 0 saturated carbocycles. The summed E-state index contributed by atoms with van der Waals surface area (Å²) >= 11 is 0. The highest BCUT2D eigenvalue weighted by atomic mass is 16.5. The number of aromatic nitrogens is 3. The first-order valence-corrected chi connectivity index (χ1v) is 4.23. The molecule has 0 radical (unpaired) electrons. The predicted octanol–water partition coefficient (Wildman–Crippen LogP) is 0.675. The highest BCUT2D eigenvalue weighted by Crippen LogP contribution is 2.24. The summed E-state index contributed by atoms with van der Waals surface area (Å²) in [6.45, 7) is 0. The highest BCUT2D eigenvalue weighted by molar-refractivity contribution is 5.91. The number of ether oxygens (including phenoxy) is 1. The Kier molecular flexibility index (Phi) is 2.03. The lowest BCUT2D eigenvalue weighted by atomic mass is 10.2. The summed E-state index contributed by atoms with van der Waals surface area (Å²) in [5, 5.41) is 13.5. The number of carboxylic acids is 1. The van der Waals surface area contributed by atoms with E-state index < -0.39 is 5.97 Å². The van der Waals surface area contributed by atoms with E-state index in [1.807, 2.05) is 0 Å². The molecule has 2 aromatic heterocycles. The Morgan fingerprint density at radius 2 is 2.33 bits per heavy atom. The van der Waals surface area contributed by atoms with Gasteiger partial charge in [0.1, 0.15) is 5.75 Å². The lowest BCUT2D eigenvalue weighted by molar-refractivity contribution is 0.0690. The number of nitrogens with zero attached hydrogens (tertiary/aromatic N) is 3. The zero-order chi connectivity index (χ0) is 11.0. The molecule has 1 N–H and O–H groups in total. The number of pyridine rings is 1. The van der Waals surface area contributed by atoms with Crippen molar-refractivity contribution in [1.82, 2.24) is 14.8 Å². The number of carbonyl (C=O) groups is 1. The minimum atomic E-state index is -1.09. The maximum atomic E-state index is 10.8. The number of carboxylic acid groups (broad SMARTS) is 1. The van der Waals surface area contributed by atoms with Gasteiger partial charge in [0.15, 0.2) is 11.3 Å². The molecule has 0 aromatic carbocycles. The van der Waals surface area contributed by atoms with Crippen molar-refractivity contribution in [1.29, 1.82) is 0 Å². The van der Waals surface area contributed by atoms with Crippen LogP contribution in [0.1, 0.15) is 10.5 Å². The monoisotopic (exact) mass is 207 g/mol. The van der Waals surface area contributed by atoms with Crippen LogP contribution >= 0.6 is 0 Å². The number of fused-ring (bicyclic) bond motifs is 1. The van der Waals surface area contributed by atoms with E-state index in [4.69, 9.17) is 9.84 Å². The van der Waals surface area contributed by atoms with E-state index in [9.17, 15) is 4.79 Å². The van der Waals surface area contributed by atoms with Gasteiger partial charge in [-0.05, 0) is 0 Å². The van der Waals surface area contributed by atoms with E-state index in [1.165, 1.54) is 17.9 Å². The smallest absolute Gasteiger partial charge is 0.354 e. The first-order valence-electron chi connectivity index (χ1n) is 4.23. The van der Waals surface area contributed by atoms with E-state index >= 15 is 0 Å². The fourth-order valence-corrected chi connectivity index (χ4v) is 1.36. The summed E-state index contributed by atoms with van der Waals surface area (Å²) in [5.41, 5.74) is 0.440. The van der Waals surface area contributed by atoms with Gasteiger partial charge in [0.2, 0.25) is 0 Å². The zero-order valence-corrected chi connectivity index (χ0v) is 8.26. The van der Waals surface area contributed by atoms with Crippen molar-refractivity contribution in [2.75, 3.05) is 7.11 Å². The van der Waals surface area contributed by atoms with Crippen LogP contribution in [0.5, 0.6) is 5.75 Å². The van der Waals surface area contributed by atoms with E-state index in [0.29, 0.717) is 16.8 Å². The molecule has 2 rings (SSSR count). The summed E-state index contributed by atoms with van der Waals surface area (Å²) in [4.78, 5) is 14.8. The molecule has 0 saturated heterocycles. The van der Waals surface area contributed by atoms with Gasteiger partial charge in [-0.3, -0.25) is 4.68 Å². The average molecular weight is 207 g/mol. The van der Waals surface area contributed by atoms with Crippen molar-refractivity contribution in [3.05, 3.63) is 18.0 Å². The lowest BCUT2D eigenvalue weighted by Crippen LogP contribution is -2.03. The normalized spacial score (nSPS) is 10.5. The molecule has 0 atom stereocenters. The SMILES string of the molecule is COc1cc(C(=O)O)nc2c1cnn2C.